The van der Waals surface area contributed by atoms with Gasteiger partial charge in [0.1, 0.15) is 5.75 Å². The van der Waals surface area contributed by atoms with E-state index >= 15 is 0 Å². The number of benzene rings is 1. The second-order valence-electron chi connectivity index (χ2n) is 5.22. The molecule has 0 aromatic heterocycles. The molecule has 1 aromatic rings. The van der Waals surface area contributed by atoms with Gasteiger partial charge in [0, 0.05) is 15.6 Å². The SMILES string of the molecule is C/C(=N\NC(=O)COc1ccc(Br)cc1)C(C)(C)C. The zero-order valence-corrected chi connectivity index (χ0v) is 13.2. The lowest BCUT2D eigenvalue weighted by molar-refractivity contribution is -0.123. The number of carbonyl (C=O) groups is 1. The number of amides is 1. The van der Waals surface area contributed by atoms with Gasteiger partial charge < -0.3 is 4.74 Å². The van der Waals surface area contributed by atoms with Crippen molar-refractivity contribution in [3.05, 3.63) is 28.7 Å². The van der Waals surface area contributed by atoms with Gasteiger partial charge in [-0.2, -0.15) is 5.10 Å². The zero-order chi connectivity index (χ0) is 14.5. The predicted octanol–water partition coefficient (Wildman–Crippen LogP) is 3.37. The molecule has 4 nitrogen and oxygen atoms in total. The second-order valence-corrected chi connectivity index (χ2v) is 6.14. The van der Waals surface area contributed by atoms with Crippen molar-refractivity contribution in [2.24, 2.45) is 10.5 Å². The van der Waals surface area contributed by atoms with Crippen LogP contribution in [-0.4, -0.2) is 18.2 Å². The van der Waals surface area contributed by atoms with Crippen LogP contribution < -0.4 is 10.2 Å². The van der Waals surface area contributed by atoms with Gasteiger partial charge in [0.05, 0.1) is 0 Å². The predicted molar refractivity (Wildman–Crippen MR) is 80.3 cm³/mol. The highest BCUT2D eigenvalue weighted by Gasteiger charge is 2.14. The zero-order valence-electron chi connectivity index (χ0n) is 11.7. The highest BCUT2D eigenvalue weighted by atomic mass is 79.9. The third kappa shape index (κ3) is 5.87. The summed E-state index contributed by atoms with van der Waals surface area (Å²) in [5.74, 6) is 0.376. The Kier molecular flexibility index (Phi) is 5.54. The minimum Gasteiger partial charge on any atom is -0.484 e. The number of hydrogen-bond donors (Lipinski definition) is 1. The van der Waals surface area contributed by atoms with Crippen LogP contribution in [0.5, 0.6) is 5.75 Å². The smallest absolute Gasteiger partial charge is 0.277 e. The Morgan fingerprint density at radius 3 is 2.42 bits per heavy atom. The third-order valence-electron chi connectivity index (χ3n) is 2.62. The summed E-state index contributed by atoms with van der Waals surface area (Å²) < 4.78 is 6.31. The van der Waals surface area contributed by atoms with Gasteiger partial charge >= 0.3 is 0 Å². The molecule has 0 fully saturated rings. The first kappa shape index (κ1) is 15.7. The maximum atomic E-state index is 11.6. The maximum absolute atomic E-state index is 11.6. The Hall–Kier alpha value is -1.36. The quantitative estimate of drug-likeness (QED) is 0.681. The van der Waals surface area contributed by atoms with E-state index in [0.29, 0.717) is 5.75 Å². The summed E-state index contributed by atoms with van der Waals surface area (Å²) in [4.78, 5) is 11.6. The van der Waals surface area contributed by atoms with E-state index in [1.807, 2.05) is 39.8 Å². The Balaban J connectivity index is 2.42. The summed E-state index contributed by atoms with van der Waals surface area (Å²) in [6, 6.07) is 7.30. The second kappa shape index (κ2) is 6.70. The number of ether oxygens (including phenoxy) is 1. The van der Waals surface area contributed by atoms with Gasteiger partial charge in [0.2, 0.25) is 0 Å². The van der Waals surface area contributed by atoms with Crippen molar-refractivity contribution < 1.29 is 9.53 Å². The Morgan fingerprint density at radius 2 is 1.89 bits per heavy atom. The highest BCUT2D eigenvalue weighted by molar-refractivity contribution is 9.10. The van der Waals surface area contributed by atoms with Crippen LogP contribution in [0.15, 0.2) is 33.8 Å². The number of carbonyl (C=O) groups excluding carboxylic acids is 1. The molecule has 0 bridgehead atoms. The average Bonchev–Trinajstić information content (AvgIpc) is 2.34. The summed E-state index contributed by atoms with van der Waals surface area (Å²) in [6.07, 6.45) is 0. The molecule has 1 rings (SSSR count). The molecule has 0 unspecified atom stereocenters. The molecule has 19 heavy (non-hydrogen) atoms. The normalized spacial score (nSPS) is 12.2. The van der Waals surface area contributed by atoms with Gasteiger partial charge in [0.15, 0.2) is 6.61 Å². The first-order valence-corrected chi connectivity index (χ1v) is 6.80. The number of rotatable bonds is 4. The van der Waals surface area contributed by atoms with Crippen LogP contribution in [0.1, 0.15) is 27.7 Å². The van der Waals surface area contributed by atoms with Crippen molar-refractivity contribution in [3.63, 3.8) is 0 Å². The van der Waals surface area contributed by atoms with Crippen molar-refractivity contribution in [2.75, 3.05) is 6.61 Å². The minimum absolute atomic E-state index is 0.0530. The molecule has 1 amide bonds. The summed E-state index contributed by atoms with van der Waals surface area (Å²) >= 11 is 3.33. The molecule has 0 spiro atoms. The number of hydrogen-bond acceptors (Lipinski definition) is 3. The molecule has 0 radical (unpaired) electrons. The fraction of sp³-hybridized carbons (Fsp3) is 0.429. The summed E-state index contributed by atoms with van der Waals surface area (Å²) in [6.45, 7) is 7.95. The van der Waals surface area contributed by atoms with Gasteiger partial charge in [-0.05, 0) is 31.2 Å². The lowest BCUT2D eigenvalue weighted by atomic mass is 9.91. The molecule has 104 valence electrons. The number of nitrogens with zero attached hydrogens (tertiary/aromatic N) is 1. The van der Waals surface area contributed by atoms with E-state index in [1.165, 1.54) is 0 Å². The molecule has 0 aliphatic rings. The van der Waals surface area contributed by atoms with Gasteiger partial charge in [-0.25, -0.2) is 5.43 Å². The van der Waals surface area contributed by atoms with Crippen LogP contribution in [0.3, 0.4) is 0 Å². The molecule has 0 aliphatic heterocycles. The molecule has 0 atom stereocenters. The number of halogens is 1. The van der Waals surface area contributed by atoms with E-state index < -0.39 is 0 Å². The molecular formula is C14H19BrN2O2. The first-order valence-electron chi connectivity index (χ1n) is 6.01. The minimum atomic E-state index is -0.272. The van der Waals surface area contributed by atoms with Crippen molar-refractivity contribution in [2.45, 2.75) is 27.7 Å². The van der Waals surface area contributed by atoms with E-state index in [4.69, 9.17) is 4.74 Å². The van der Waals surface area contributed by atoms with Crippen molar-refractivity contribution >= 4 is 27.5 Å². The van der Waals surface area contributed by atoms with E-state index in [2.05, 4.69) is 26.5 Å². The van der Waals surface area contributed by atoms with Crippen molar-refractivity contribution in [1.82, 2.24) is 5.43 Å². The van der Waals surface area contributed by atoms with Crippen LogP contribution in [-0.2, 0) is 4.79 Å². The lowest BCUT2D eigenvalue weighted by Crippen LogP contribution is -2.28. The molecule has 1 N–H and O–H groups in total. The Morgan fingerprint density at radius 1 is 1.32 bits per heavy atom. The first-order chi connectivity index (χ1) is 8.79. The Labute approximate surface area is 122 Å². The third-order valence-corrected chi connectivity index (χ3v) is 3.15. The fourth-order valence-corrected chi connectivity index (χ4v) is 1.29. The van der Waals surface area contributed by atoms with E-state index in [9.17, 15) is 4.79 Å². The summed E-state index contributed by atoms with van der Waals surface area (Å²) in [5.41, 5.74) is 3.29. The van der Waals surface area contributed by atoms with Crippen molar-refractivity contribution in [1.29, 1.82) is 0 Å². The van der Waals surface area contributed by atoms with E-state index in [0.717, 1.165) is 10.2 Å². The summed E-state index contributed by atoms with van der Waals surface area (Å²) in [7, 11) is 0. The molecule has 0 aliphatic carbocycles. The van der Waals surface area contributed by atoms with Crippen LogP contribution in [0.2, 0.25) is 0 Å². The van der Waals surface area contributed by atoms with Gasteiger partial charge in [-0.3, -0.25) is 4.79 Å². The Bertz CT molecular complexity index is 461. The molecule has 5 heteroatoms. The average molecular weight is 327 g/mol. The van der Waals surface area contributed by atoms with Crippen LogP contribution in [0, 0.1) is 5.41 Å². The summed E-state index contributed by atoms with van der Waals surface area (Å²) in [5, 5.41) is 4.05. The number of hydrazone groups is 1. The number of nitrogens with one attached hydrogen (secondary N) is 1. The molecular weight excluding hydrogens is 308 g/mol. The van der Waals surface area contributed by atoms with E-state index in [1.54, 1.807) is 12.1 Å². The topological polar surface area (TPSA) is 50.7 Å². The van der Waals surface area contributed by atoms with Gasteiger partial charge in [0.25, 0.3) is 5.91 Å². The molecule has 1 aromatic carbocycles. The molecule has 0 saturated carbocycles. The fourth-order valence-electron chi connectivity index (χ4n) is 1.03. The van der Waals surface area contributed by atoms with Gasteiger partial charge in [-0.1, -0.05) is 36.7 Å². The lowest BCUT2D eigenvalue weighted by Gasteiger charge is -2.17. The van der Waals surface area contributed by atoms with Gasteiger partial charge in [-0.15, -0.1) is 0 Å². The van der Waals surface area contributed by atoms with Crippen LogP contribution in [0.25, 0.3) is 0 Å². The van der Waals surface area contributed by atoms with Crippen LogP contribution in [0.4, 0.5) is 0 Å². The van der Waals surface area contributed by atoms with Crippen LogP contribution >= 0.6 is 15.9 Å². The maximum Gasteiger partial charge on any atom is 0.277 e. The largest absolute Gasteiger partial charge is 0.484 e. The standard InChI is InChI=1S/C14H19BrN2O2/c1-10(14(2,3)4)16-17-13(18)9-19-12-7-5-11(15)6-8-12/h5-8H,9H2,1-4H3,(H,17,18)/b16-10+. The van der Waals surface area contributed by atoms with E-state index in [-0.39, 0.29) is 17.9 Å². The monoisotopic (exact) mass is 326 g/mol. The van der Waals surface area contributed by atoms with Crippen molar-refractivity contribution in [3.8, 4) is 5.75 Å². The molecule has 0 saturated heterocycles. The highest BCUT2D eigenvalue weighted by Crippen LogP contribution is 2.16. The molecule has 0 heterocycles.